The van der Waals surface area contributed by atoms with Crippen LogP contribution in [0.25, 0.3) is 0 Å². The van der Waals surface area contributed by atoms with Gasteiger partial charge < -0.3 is 15.0 Å². The summed E-state index contributed by atoms with van der Waals surface area (Å²) in [5.41, 5.74) is 0.614. The van der Waals surface area contributed by atoms with Crippen molar-refractivity contribution in [3.05, 3.63) is 59.8 Å². The second-order valence-electron chi connectivity index (χ2n) is 6.14. The Kier molecular flexibility index (Phi) is 8.21. The van der Waals surface area contributed by atoms with Crippen molar-refractivity contribution in [3.8, 4) is 5.88 Å². The summed E-state index contributed by atoms with van der Waals surface area (Å²) in [5, 5.41) is 3.24. The van der Waals surface area contributed by atoms with Crippen LogP contribution in [0.3, 0.4) is 0 Å². The maximum absolute atomic E-state index is 13.2. The van der Waals surface area contributed by atoms with Gasteiger partial charge in [-0.2, -0.15) is 0 Å². The molecule has 0 saturated carbocycles. The van der Waals surface area contributed by atoms with Crippen LogP contribution in [0.5, 0.6) is 5.88 Å². The molecule has 2 aromatic rings. The molecule has 5 nitrogen and oxygen atoms in total. The van der Waals surface area contributed by atoms with E-state index in [4.69, 9.17) is 4.74 Å². The predicted molar refractivity (Wildman–Crippen MR) is 112 cm³/mol. The first kappa shape index (κ1) is 21.3. The van der Waals surface area contributed by atoms with Gasteiger partial charge in [0.2, 0.25) is 5.88 Å². The van der Waals surface area contributed by atoms with Crippen LogP contribution in [-0.4, -0.2) is 48.6 Å². The lowest BCUT2D eigenvalue weighted by molar-refractivity contribution is 0.205. The number of likely N-dealkylation sites (tertiary alicyclic amines) is 1. The number of halogens is 3. The molecule has 0 bridgehead atoms. The van der Waals surface area contributed by atoms with Gasteiger partial charge in [0.15, 0.2) is 5.96 Å². The number of benzene rings is 1. The quantitative estimate of drug-likeness (QED) is 0.399. The monoisotopic (exact) mass is 488 g/mol. The van der Waals surface area contributed by atoms with Crippen LogP contribution in [0, 0.1) is 11.6 Å². The zero-order valence-corrected chi connectivity index (χ0v) is 17.4. The number of aromatic nitrogens is 1. The molecule has 1 aromatic carbocycles. The Morgan fingerprint density at radius 1 is 1.30 bits per heavy atom. The molecule has 0 aliphatic carbocycles. The molecule has 1 fully saturated rings. The van der Waals surface area contributed by atoms with E-state index in [2.05, 4.69) is 20.2 Å². The van der Waals surface area contributed by atoms with E-state index in [1.807, 2.05) is 18.2 Å². The highest BCUT2D eigenvalue weighted by atomic mass is 127. The Balaban J connectivity index is 0.00000261. The van der Waals surface area contributed by atoms with E-state index >= 15 is 0 Å². The molecule has 0 radical (unpaired) electrons. The maximum Gasteiger partial charge on any atom is 0.213 e. The summed E-state index contributed by atoms with van der Waals surface area (Å²) in [6, 6.07) is 9.16. The molecule has 1 unspecified atom stereocenters. The van der Waals surface area contributed by atoms with Crippen molar-refractivity contribution in [2.75, 3.05) is 26.7 Å². The predicted octanol–water partition coefficient (Wildman–Crippen LogP) is 3.25. The number of nitrogens with one attached hydrogen (secondary N) is 1. The number of rotatable bonds is 5. The molecule has 0 spiro atoms. The van der Waals surface area contributed by atoms with E-state index in [9.17, 15) is 8.78 Å². The highest BCUT2D eigenvalue weighted by Crippen LogP contribution is 2.16. The van der Waals surface area contributed by atoms with Crippen molar-refractivity contribution in [1.82, 2.24) is 15.2 Å². The van der Waals surface area contributed by atoms with Crippen molar-refractivity contribution in [1.29, 1.82) is 0 Å². The van der Waals surface area contributed by atoms with E-state index in [0.29, 0.717) is 31.0 Å². The summed E-state index contributed by atoms with van der Waals surface area (Å²) < 4.78 is 32.4. The van der Waals surface area contributed by atoms with Gasteiger partial charge >= 0.3 is 0 Å². The molecule has 2 heterocycles. The average Bonchev–Trinajstić information content (AvgIpc) is 3.07. The van der Waals surface area contributed by atoms with Crippen molar-refractivity contribution >= 4 is 29.9 Å². The molecule has 1 atom stereocenters. The first-order valence-electron chi connectivity index (χ1n) is 8.62. The van der Waals surface area contributed by atoms with Crippen LogP contribution in [0.4, 0.5) is 8.78 Å². The Morgan fingerprint density at radius 3 is 2.74 bits per heavy atom. The van der Waals surface area contributed by atoms with Crippen LogP contribution in [0.1, 0.15) is 12.0 Å². The third-order valence-corrected chi connectivity index (χ3v) is 4.20. The molecule has 1 aliphatic rings. The van der Waals surface area contributed by atoms with Crippen LogP contribution in [0.2, 0.25) is 0 Å². The zero-order chi connectivity index (χ0) is 18.4. The fourth-order valence-electron chi connectivity index (χ4n) is 3.01. The van der Waals surface area contributed by atoms with E-state index in [-0.39, 0.29) is 30.1 Å². The topological polar surface area (TPSA) is 49.8 Å². The minimum atomic E-state index is -0.557. The SMILES string of the molecule is CN=C(NCCc1cc(F)cc(F)c1)N1CCC(Oc2ccccn2)C1.I. The Morgan fingerprint density at radius 2 is 2.07 bits per heavy atom. The summed E-state index contributed by atoms with van der Waals surface area (Å²) in [4.78, 5) is 10.6. The molecule has 27 heavy (non-hydrogen) atoms. The maximum atomic E-state index is 13.2. The van der Waals surface area contributed by atoms with Gasteiger partial charge in [-0.1, -0.05) is 6.07 Å². The highest BCUT2D eigenvalue weighted by molar-refractivity contribution is 14.0. The lowest BCUT2D eigenvalue weighted by Crippen LogP contribution is -2.41. The number of pyridine rings is 1. The van der Waals surface area contributed by atoms with Gasteiger partial charge in [-0.25, -0.2) is 13.8 Å². The summed E-state index contributed by atoms with van der Waals surface area (Å²) in [5.74, 6) is 0.265. The molecular formula is C19H23F2IN4O. The van der Waals surface area contributed by atoms with Crippen LogP contribution < -0.4 is 10.1 Å². The number of aliphatic imine (C=N–C) groups is 1. The van der Waals surface area contributed by atoms with Crippen LogP contribution >= 0.6 is 24.0 Å². The van der Waals surface area contributed by atoms with E-state index in [1.54, 1.807) is 13.2 Å². The van der Waals surface area contributed by atoms with Gasteiger partial charge in [0.25, 0.3) is 0 Å². The molecule has 146 valence electrons. The number of hydrogen-bond acceptors (Lipinski definition) is 3. The highest BCUT2D eigenvalue weighted by Gasteiger charge is 2.26. The van der Waals surface area contributed by atoms with Crippen LogP contribution in [-0.2, 0) is 6.42 Å². The molecular weight excluding hydrogens is 465 g/mol. The Labute approximate surface area is 174 Å². The molecule has 1 aliphatic heterocycles. The summed E-state index contributed by atoms with van der Waals surface area (Å²) in [6.45, 7) is 2.08. The number of nitrogens with zero attached hydrogens (tertiary/aromatic N) is 3. The summed E-state index contributed by atoms with van der Waals surface area (Å²) in [6.07, 6.45) is 3.15. The van der Waals surface area contributed by atoms with Crippen molar-refractivity contribution in [2.24, 2.45) is 4.99 Å². The smallest absolute Gasteiger partial charge is 0.213 e. The largest absolute Gasteiger partial charge is 0.472 e. The first-order valence-corrected chi connectivity index (χ1v) is 8.62. The van der Waals surface area contributed by atoms with E-state index in [1.165, 1.54) is 12.1 Å². The molecule has 1 saturated heterocycles. The summed E-state index contributed by atoms with van der Waals surface area (Å²) >= 11 is 0. The molecule has 1 aromatic heterocycles. The minimum Gasteiger partial charge on any atom is -0.472 e. The normalized spacial score (nSPS) is 16.8. The molecule has 3 rings (SSSR count). The zero-order valence-electron chi connectivity index (χ0n) is 15.1. The fraction of sp³-hybridized carbons (Fsp3) is 0.368. The third kappa shape index (κ3) is 6.30. The molecule has 8 heteroatoms. The lowest BCUT2D eigenvalue weighted by atomic mass is 10.1. The Bertz CT molecular complexity index is 740. The van der Waals surface area contributed by atoms with Gasteiger partial charge in [0.05, 0.1) is 6.54 Å². The van der Waals surface area contributed by atoms with Crippen LogP contribution in [0.15, 0.2) is 47.6 Å². The van der Waals surface area contributed by atoms with Crippen molar-refractivity contribution in [2.45, 2.75) is 18.9 Å². The number of hydrogen-bond donors (Lipinski definition) is 1. The average molecular weight is 488 g/mol. The van der Waals surface area contributed by atoms with Gasteiger partial charge in [-0.15, -0.1) is 24.0 Å². The van der Waals surface area contributed by atoms with Crippen molar-refractivity contribution in [3.63, 3.8) is 0 Å². The first-order chi connectivity index (χ1) is 12.6. The number of guanidine groups is 1. The van der Waals surface area contributed by atoms with Gasteiger partial charge in [-0.05, 0) is 30.2 Å². The minimum absolute atomic E-state index is 0. The van der Waals surface area contributed by atoms with Gasteiger partial charge in [0, 0.05) is 44.9 Å². The number of ether oxygens (including phenoxy) is 1. The fourth-order valence-corrected chi connectivity index (χ4v) is 3.01. The van der Waals surface area contributed by atoms with E-state index in [0.717, 1.165) is 25.0 Å². The molecule has 1 N–H and O–H groups in total. The standard InChI is InChI=1S/C19H22F2N4O.HI/c1-22-19(24-8-5-14-10-15(20)12-16(21)11-14)25-9-6-17(13-25)26-18-4-2-3-7-23-18;/h2-4,7,10-12,17H,5-6,8-9,13H2,1H3,(H,22,24);1H. The van der Waals surface area contributed by atoms with Crippen molar-refractivity contribution < 1.29 is 13.5 Å². The van der Waals surface area contributed by atoms with Gasteiger partial charge in [0.1, 0.15) is 17.7 Å². The molecule has 0 amide bonds. The Hall–Kier alpha value is -1.97. The van der Waals surface area contributed by atoms with Gasteiger partial charge in [-0.3, -0.25) is 4.99 Å². The van der Waals surface area contributed by atoms with E-state index < -0.39 is 11.6 Å². The summed E-state index contributed by atoms with van der Waals surface area (Å²) in [7, 11) is 1.72. The third-order valence-electron chi connectivity index (χ3n) is 4.20. The second-order valence-corrected chi connectivity index (χ2v) is 6.14. The second kappa shape index (κ2) is 10.4. The lowest BCUT2D eigenvalue weighted by Gasteiger charge is -2.21.